The molecule has 7 nitrogen and oxygen atoms in total. The zero-order valence-corrected chi connectivity index (χ0v) is 15.8. The summed E-state index contributed by atoms with van der Waals surface area (Å²) in [6.45, 7) is 2.38. The van der Waals surface area contributed by atoms with Crippen molar-refractivity contribution in [1.82, 2.24) is 5.32 Å². The van der Waals surface area contributed by atoms with E-state index in [4.69, 9.17) is 0 Å². The lowest BCUT2D eigenvalue weighted by atomic mass is 10.0. The smallest absolute Gasteiger partial charge is 0.319 e. The van der Waals surface area contributed by atoms with Gasteiger partial charge in [0.05, 0.1) is 6.42 Å². The van der Waals surface area contributed by atoms with Gasteiger partial charge in [0.2, 0.25) is 11.8 Å². The van der Waals surface area contributed by atoms with Gasteiger partial charge < -0.3 is 21.3 Å². The maximum absolute atomic E-state index is 12.2. The summed E-state index contributed by atoms with van der Waals surface area (Å²) in [5.41, 5.74) is 4.28. The second kappa shape index (κ2) is 9.03. The molecule has 7 heteroatoms. The van der Waals surface area contributed by atoms with Crippen molar-refractivity contribution in [2.75, 3.05) is 22.5 Å². The molecular formula is C21H24N4O3. The second-order valence-electron chi connectivity index (χ2n) is 6.68. The van der Waals surface area contributed by atoms with Crippen LogP contribution in [0.5, 0.6) is 0 Å². The normalized spacial score (nSPS) is 12.1. The Morgan fingerprint density at radius 2 is 1.86 bits per heavy atom. The molecule has 4 N–H and O–H groups in total. The minimum Gasteiger partial charge on any atom is -0.338 e. The molecule has 1 heterocycles. The van der Waals surface area contributed by atoms with Crippen molar-refractivity contribution in [3.8, 4) is 0 Å². The Bertz CT molecular complexity index is 895. The zero-order chi connectivity index (χ0) is 19.9. The third-order valence-corrected chi connectivity index (χ3v) is 4.41. The van der Waals surface area contributed by atoms with Crippen LogP contribution < -0.4 is 21.3 Å². The maximum atomic E-state index is 12.2. The first-order valence-corrected chi connectivity index (χ1v) is 9.40. The lowest BCUT2D eigenvalue weighted by molar-refractivity contribution is -0.116. The number of anilines is 3. The first kappa shape index (κ1) is 19.4. The molecule has 0 bridgehead atoms. The fraction of sp³-hybridized carbons (Fsp3) is 0.286. The third-order valence-electron chi connectivity index (χ3n) is 4.41. The summed E-state index contributed by atoms with van der Waals surface area (Å²) >= 11 is 0. The van der Waals surface area contributed by atoms with Crippen LogP contribution in [0.25, 0.3) is 0 Å². The van der Waals surface area contributed by atoms with E-state index in [1.807, 2.05) is 25.1 Å². The van der Waals surface area contributed by atoms with Gasteiger partial charge in [0.1, 0.15) is 0 Å². The molecule has 2 aromatic carbocycles. The molecule has 0 fully saturated rings. The molecule has 0 spiro atoms. The summed E-state index contributed by atoms with van der Waals surface area (Å²) in [5.74, 6) is -0.0522. The van der Waals surface area contributed by atoms with Crippen LogP contribution >= 0.6 is 0 Å². The zero-order valence-electron chi connectivity index (χ0n) is 15.8. The van der Waals surface area contributed by atoms with E-state index < -0.39 is 0 Å². The van der Waals surface area contributed by atoms with Gasteiger partial charge in [0.25, 0.3) is 0 Å². The molecule has 0 unspecified atom stereocenters. The van der Waals surface area contributed by atoms with Crippen molar-refractivity contribution in [3.63, 3.8) is 0 Å². The Kier molecular flexibility index (Phi) is 6.26. The highest BCUT2D eigenvalue weighted by Crippen LogP contribution is 2.24. The first-order valence-electron chi connectivity index (χ1n) is 9.40. The standard InChI is InChI=1S/C21H24N4O3/c1-2-22-21(28)24-17-7-4-6-16(13-17)23-19(26)8-3-5-14-9-10-18-15(11-14)12-20(27)25-18/h4,6-7,9-11,13H,2-3,5,8,12H2,1H3,(H,23,26)(H,25,27)(H2,22,24,28). The molecule has 0 radical (unpaired) electrons. The maximum Gasteiger partial charge on any atom is 0.319 e. The third kappa shape index (κ3) is 5.33. The number of hydrogen-bond acceptors (Lipinski definition) is 3. The number of urea groups is 1. The highest BCUT2D eigenvalue weighted by Gasteiger charge is 2.17. The van der Waals surface area contributed by atoms with E-state index in [0.717, 1.165) is 23.2 Å². The number of fused-ring (bicyclic) bond motifs is 1. The summed E-state index contributed by atoms with van der Waals surface area (Å²) < 4.78 is 0. The summed E-state index contributed by atoms with van der Waals surface area (Å²) in [6.07, 6.45) is 2.29. The highest BCUT2D eigenvalue weighted by atomic mass is 16.2. The molecule has 28 heavy (non-hydrogen) atoms. The number of hydrogen-bond donors (Lipinski definition) is 4. The van der Waals surface area contributed by atoms with Gasteiger partial charge in [0, 0.05) is 30.0 Å². The number of nitrogens with one attached hydrogen (secondary N) is 4. The lowest BCUT2D eigenvalue weighted by Crippen LogP contribution is -2.28. The Balaban J connectivity index is 1.46. The molecule has 0 saturated carbocycles. The van der Waals surface area contributed by atoms with Gasteiger partial charge in [-0.15, -0.1) is 0 Å². The number of carbonyl (C=O) groups is 3. The molecule has 0 aliphatic carbocycles. The van der Waals surface area contributed by atoms with Crippen molar-refractivity contribution < 1.29 is 14.4 Å². The van der Waals surface area contributed by atoms with Gasteiger partial charge in [-0.05, 0) is 55.2 Å². The van der Waals surface area contributed by atoms with E-state index in [0.29, 0.717) is 37.2 Å². The van der Waals surface area contributed by atoms with E-state index in [9.17, 15) is 14.4 Å². The van der Waals surface area contributed by atoms with Crippen LogP contribution in [-0.2, 0) is 22.4 Å². The first-order chi connectivity index (χ1) is 13.5. The van der Waals surface area contributed by atoms with Crippen LogP contribution in [0.3, 0.4) is 0 Å². The van der Waals surface area contributed by atoms with Gasteiger partial charge >= 0.3 is 6.03 Å². The molecule has 3 rings (SSSR count). The van der Waals surface area contributed by atoms with Crippen LogP contribution in [0.1, 0.15) is 30.9 Å². The molecule has 2 aromatic rings. The van der Waals surface area contributed by atoms with E-state index in [2.05, 4.69) is 21.3 Å². The van der Waals surface area contributed by atoms with Crippen molar-refractivity contribution in [3.05, 3.63) is 53.6 Å². The lowest BCUT2D eigenvalue weighted by Gasteiger charge is -2.09. The molecule has 0 atom stereocenters. The largest absolute Gasteiger partial charge is 0.338 e. The summed E-state index contributed by atoms with van der Waals surface area (Å²) in [7, 11) is 0. The Morgan fingerprint density at radius 3 is 2.64 bits per heavy atom. The number of aryl methyl sites for hydroxylation is 1. The van der Waals surface area contributed by atoms with Crippen LogP contribution in [0.2, 0.25) is 0 Å². The minimum atomic E-state index is -0.280. The highest BCUT2D eigenvalue weighted by molar-refractivity contribution is 5.99. The fourth-order valence-electron chi connectivity index (χ4n) is 3.13. The fourth-order valence-corrected chi connectivity index (χ4v) is 3.13. The van der Waals surface area contributed by atoms with Gasteiger partial charge in [-0.1, -0.05) is 18.2 Å². The van der Waals surface area contributed by atoms with E-state index in [-0.39, 0.29) is 17.8 Å². The molecule has 146 valence electrons. The van der Waals surface area contributed by atoms with Crippen LogP contribution in [-0.4, -0.2) is 24.4 Å². The number of benzene rings is 2. The van der Waals surface area contributed by atoms with Crippen LogP contribution in [0, 0.1) is 0 Å². The number of carbonyl (C=O) groups excluding carboxylic acids is 3. The Labute approximate surface area is 163 Å². The average molecular weight is 380 g/mol. The van der Waals surface area contributed by atoms with Crippen LogP contribution in [0.15, 0.2) is 42.5 Å². The summed E-state index contributed by atoms with van der Waals surface area (Å²) in [4.78, 5) is 35.2. The van der Waals surface area contributed by atoms with E-state index in [1.165, 1.54) is 0 Å². The average Bonchev–Trinajstić information content (AvgIpc) is 3.01. The minimum absolute atomic E-state index is 0.0235. The predicted octanol–water partition coefficient (Wildman–Crippen LogP) is 3.28. The summed E-state index contributed by atoms with van der Waals surface area (Å²) in [5, 5.41) is 11.0. The molecule has 1 aliphatic rings. The van der Waals surface area contributed by atoms with Crippen molar-refractivity contribution in [1.29, 1.82) is 0 Å². The Hall–Kier alpha value is -3.35. The SMILES string of the molecule is CCNC(=O)Nc1cccc(NC(=O)CCCc2ccc3c(c2)CC(=O)N3)c1. The van der Waals surface area contributed by atoms with Crippen molar-refractivity contribution >= 4 is 34.9 Å². The summed E-state index contributed by atoms with van der Waals surface area (Å²) in [6, 6.07) is 12.7. The number of amides is 4. The van der Waals surface area contributed by atoms with Gasteiger partial charge in [-0.2, -0.15) is 0 Å². The van der Waals surface area contributed by atoms with Gasteiger partial charge in [-0.25, -0.2) is 4.79 Å². The van der Waals surface area contributed by atoms with E-state index in [1.54, 1.807) is 24.3 Å². The molecule has 1 aliphatic heterocycles. The number of rotatable bonds is 7. The van der Waals surface area contributed by atoms with E-state index >= 15 is 0 Å². The van der Waals surface area contributed by atoms with Gasteiger partial charge in [-0.3, -0.25) is 9.59 Å². The molecule has 0 aromatic heterocycles. The molecule has 0 saturated heterocycles. The van der Waals surface area contributed by atoms with Crippen molar-refractivity contribution in [2.24, 2.45) is 0 Å². The predicted molar refractivity (Wildman–Crippen MR) is 109 cm³/mol. The Morgan fingerprint density at radius 1 is 1.07 bits per heavy atom. The van der Waals surface area contributed by atoms with Crippen molar-refractivity contribution in [2.45, 2.75) is 32.6 Å². The van der Waals surface area contributed by atoms with Crippen LogP contribution in [0.4, 0.5) is 21.9 Å². The quantitative estimate of drug-likeness (QED) is 0.593. The molecule has 4 amide bonds. The monoisotopic (exact) mass is 380 g/mol. The molecular weight excluding hydrogens is 356 g/mol. The second-order valence-corrected chi connectivity index (χ2v) is 6.68. The van der Waals surface area contributed by atoms with Gasteiger partial charge in [0.15, 0.2) is 0 Å². The topological polar surface area (TPSA) is 99.3 Å².